The first-order valence-corrected chi connectivity index (χ1v) is 4.07. The zero-order chi connectivity index (χ0) is 11.6. The zero-order valence-corrected chi connectivity index (χ0v) is 8.25. The number of nitro benzene ring substituents is 1. The standard InChI is InChI=1S/C8H5ClFNO4/c1-15-8(12)4-2-3-5(10)6(9)7(4)11(13)14/h2-3H,1H3. The fourth-order valence-electron chi connectivity index (χ4n) is 0.993. The van der Waals surface area contributed by atoms with Crippen LogP contribution in [0.3, 0.4) is 0 Å². The molecule has 0 spiro atoms. The van der Waals surface area contributed by atoms with Crippen LogP contribution in [0.5, 0.6) is 0 Å². The van der Waals surface area contributed by atoms with Crippen molar-refractivity contribution in [1.82, 2.24) is 0 Å². The molecule has 0 fully saturated rings. The summed E-state index contributed by atoms with van der Waals surface area (Å²) in [4.78, 5) is 20.7. The van der Waals surface area contributed by atoms with E-state index in [1.807, 2.05) is 0 Å². The lowest BCUT2D eigenvalue weighted by Gasteiger charge is -2.02. The number of nitrogens with zero attached hydrogens (tertiary/aromatic N) is 1. The van der Waals surface area contributed by atoms with Gasteiger partial charge in [-0.2, -0.15) is 0 Å². The maximum Gasteiger partial charge on any atom is 0.344 e. The molecule has 0 aliphatic carbocycles. The van der Waals surface area contributed by atoms with Crippen molar-refractivity contribution in [3.63, 3.8) is 0 Å². The largest absolute Gasteiger partial charge is 0.465 e. The van der Waals surface area contributed by atoms with E-state index in [1.54, 1.807) is 0 Å². The number of rotatable bonds is 2. The Kier molecular flexibility index (Phi) is 3.21. The molecule has 0 saturated carbocycles. The van der Waals surface area contributed by atoms with E-state index in [1.165, 1.54) is 0 Å². The molecule has 0 heterocycles. The summed E-state index contributed by atoms with van der Waals surface area (Å²) in [5.41, 5.74) is -1.17. The molecule has 1 aromatic carbocycles. The quantitative estimate of drug-likeness (QED) is 0.446. The Hall–Kier alpha value is -1.69. The van der Waals surface area contributed by atoms with Crippen LogP contribution in [-0.4, -0.2) is 18.0 Å². The lowest BCUT2D eigenvalue weighted by molar-refractivity contribution is -0.385. The van der Waals surface area contributed by atoms with Gasteiger partial charge in [0.15, 0.2) is 5.02 Å². The third kappa shape index (κ3) is 2.04. The van der Waals surface area contributed by atoms with Crippen molar-refractivity contribution in [3.05, 3.63) is 38.7 Å². The molecule has 15 heavy (non-hydrogen) atoms. The minimum atomic E-state index is -0.962. The smallest absolute Gasteiger partial charge is 0.344 e. The van der Waals surface area contributed by atoms with Crippen LogP contribution in [0.1, 0.15) is 10.4 Å². The molecule has 0 radical (unpaired) electrons. The van der Waals surface area contributed by atoms with Crippen molar-refractivity contribution in [2.75, 3.05) is 7.11 Å². The molecule has 0 saturated heterocycles. The summed E-state index contributed by atoms with van der Waals surface area (Å²) in [6.07, 6.45) is 0. The third-order valence-electron chi connectivity index (χ3n) is 1.66. The summed E-state index contributed by atoms with van der Waals surface area (Å²) < 4.78 is 17.2. The van der Waals surface area contributed by atoms with Crippen molar-refractivity contribution < 1.29 is 18.8 Å². The number of hydrogen-bond acceptors (Lipinski definition) is 4. The first-order chi connectivity index (χ1) is 6.99. The highest BCUT2D eigenvalue weighted by atomic mass is 35.5. The summed E-state index contributed by atoms with van der Waals surface area (Å²) in [5.74, 6) is -1.90. The molecule has 0 aliphatic heterocycles. The lowest BCUT2D eigenvalue weighted by atomic mass is 10.2. The molecule has 1 rings (SSSR count). The number of methoxy groups -OCH3 is 1. The Morgan fingerprint density at radius 1 is 1.60 bits per heavy atom. The Bertz CT molecular complexity index is 435. The van der Waals surface area contributed by atoms with Gasteiger partial charge in [-0.1, -0.05) is 11.6 Å². The van der Waals surface area contributed by atoms with Crippen LogP contribution in [0.25, 0.3) is 0 Å². The second-order valence-corrected chi connectivity index (χ2v) is 2.88. The monoisotopic (exact) mass is 233 g/mol. The Balaban J connectivity index is 3.46. The van der Waals surface area contributed by atoms with Crippen molar-refractivity contribution in [2.45, 2.75) is 0 Å². The summed E-state index contributed by atoms with van der Waals surface area (Å²) in [6, 6.07) is 1.81. The summed E-state index contributed by atoms with van der Waals surface area (Å²) >= 11 is 5.37. The van der Waals surface area contributed by atoms with Crippen LogP contribution < -0.4 is 0 Å². The Morgan fingerprint density at radius 2 is 2.20 bits per heavy atom. The maximum absolute atomic E-state index is 12.9. The fraction of sp³-hybridized carbons (Fsp3) is 0.125. The Labute approximate surface area is 88.6 Å². The number of ether oxygens (including phenoxy) is 1. The number of esters is 1. The molecular formula is C8H5ClFNO4. The van der Waals surface area contributed by atoms with Crippen molar-refractivity contribution in [3.8, 4) is 0 Å². The molecule has 0 N–H and O–H groups in total. The minimum absolute atomic E-state index is 0.381. The van der Waals surface area contributed by atoms with Crippen molar-refractivity contribution >= 4 is 23.3 Å². The predicted octanol–water partition coefficient (Wildman–Crippen LogP) is 2.17. The van der Waals surface area contributed by atoms with Gasteiger partial charge in [-0.15, -0.1) is 0 Å². The molecule has 0 unspecified atom stereocenters. The number of halogens is 2. The normalized spacial score (nSPS) is 9.80. The molecule has 80 valence electrons. The molecule has 7 heteroatoms. The minimum Gasteiger partial charge on any atom is -0.465 e. The molecule has 1 aromatic rings. The molecular weight excluding hydrogens is 229 g/mol. The second kappa shape index (κ2) is 4.22. The zero-order valence-electron chi connectivity index (χ0n) is 7.49. The van der Waals surface area contributed by atoms with Gasteiger partial charge in [-0.05, 0) is 12.1 Å². The van der Waals surface area contributed by atoms with Gasteiger partial charge in [0, 0.05) is 0 Å². The Morgan fingerprint density at radius 3 is 2.67 bits per heavy atom. The van der Waals surface area contributed by atoms with Crippen LogP contribution in [0.15, 0.2) is 12.1 Å². The number of hydrogen-bond donors (Lipinski definition) is 0. The van der Waals surface area contributed by atoms with Crippen LogP contribution in [0, 0.1) is 15.9 Å². The third-order valence-corrected chi connectivity index (χ3v) is 2.02. The number of nitro groups is 1. The van der Waals surface area contributed by atoms with E-state index in [9.17, 15) is 19.3 Å². The van der Waals surface area contributed by atoms with Crippen molar-refractivity contribution in [2.24, 2.45) is 0 Å². The van der Waals surface area contributed by atoms with Gasteiger partial charge >= 0.3 is 11.7 Å². The highest BCUT2D eigenvalue weighted by molar-refractivity contribution is 6.33. The van der Waals surface area contributed by atoms with E-state index in [0.29, 0.717) is 0 Å². The summed E-state index contributed by atoms with van der Waals surface area (Å²) in [7, 11) is 1.06. The van der Waals surface area contributed by atoms with E-state index in [0.717, 1.165) is 19.2 Å². The van der Waals surface area contributed by atoms with Gasteiger partial charge in [0.1, 0.15) is 11.4 Å². The number of carbonyl (C=O) groups is 1. The van der Waals surface area contributed by atoms with Gasteiger partial charge in [-0.25, -0.2) is 9.18 Å². The molecule has 5 nitrogen and oxygen atoms in total. The highest BCUT2D eigenvalue weighted by Crippen LogP contribution is 2.31. The van der Waals surface area contributed by atoms with Crippen LogP contribution in [0.4, 0.5) is 10.1 Å². The van der Waals surface area contributed by atoms with Gasteiger partial charge in [-0.3, -0.25) is 10.1 Å². The topological polar surface area (TPSA) is 69.4 Å². The van der Waals surface area contributed by atoms with Gasteiger partial charge in [0.25, 0.3) is 0 Å². The number of benzene rings is 1. The predicted molar refractivity (Wildman–Crippen MR) is 49.4 cm³/mol. The molecule has 0 amide bonds. The maximum atomic E-state index is 12.9. The van der Waals surface area contributed by atoms with Gasteiger partial charge < -0.3 is 4.74 Å². The molecule has 0 aromatic heterocycles. The summed E-state index contributed by atoms with van der Waals surface area (Å²) in [6.45, 7) is 0. The van der Waals surface area contributed by atoms with Crippen LogP contribution in [-0.2, 0) is 4.74 Å². The second-order valence-electron chi connectivity index (χ2n) is 2.51. The van der Waals surface area contributed by atoms with E-state index >= 15 is 0 Å². The average Bonchev–Trinajstić information content (AvgIpc) is 2.20. The first kappa shape index (κ1) is 11.4. The van der Waals surface area contributed by atoms with Crippen molar-refractivity contribution in [1.29, 1.82) is 0 Å². The van der Waals surface area contributed by atoms with E-state index in [4.69, 9.17) is 11.6 Å². The molecule has 0 bridgehead atoms. The van der Waals surface area contributed by atoms with Gasteiger partial charge in [0.2, 0.25) is 0 Å². The number of carbonyl (C=O) groups excluding carboxylic acids is 1. The van der Waals surface area contributed by atoms with E-state index in [2.05, 4.69) is 4.74 Å². The SMILES string of the molecule is COC(=O)c1ccc(F)c(Cl)c1[N+](=O)[O-]. The van der Waals surface area contributed by atoms with E-state index < -0.39 is 27.4 Å². The van der Waals surface area contributed by atoms with Gasteiger partial charge in [0.05, 0.1) is 12.0 Å². The van der Waals surface area contributed by atoms with Crippen LogP contribution in [0.2, 0.25) is 5.02 Å². The highest BCUT2D eigenvalue weighted by Gasteiger charge is 2.26. The van der Waals surface area contributed by atoms with E-state index in [-0.39, 0.29) is 5.56 Å². The lowest BCUT2D eigenvalue weighted by Crippen LogP contribution is -2.06. The first-order valence-electron chi connectivity index (χ1n) is 3.69. The molecule has 0 aliphatic rings. The average molecular weight is 234 g/mol. The fourth-order valence-corrected chi connectivity index (χ4v) is 1.23. The van der Waals surface area contributed by atoms with Crippen LogP contribution >= 0.6 is 11.6 Å². The molecule has 0 atom stereocenters. The summed E-state index contributed by atoms with van der Waals surface area (Å²) in [5, 5.41) is 9.86.